The monoisotopic (exact) mass is 216 g/mol. The summed E-state index contributed by atoms with van der Waals surface area (Å²) in [5.41, 5.74) is 0.671. The van der Waals surface area contributed by atoms with Gasteiger partial charge >= 0.3 is 0 Å². The molecule has 1 atom stereocenters. The highest BCUT2D eigenvalue weighted by Gasteiger charge is 2.12. The Kier molecular flexibility index (Phi) is 2.88. The molecule has 0 fully saturated rings. The highest BCUT2D eigenvalue weighted by molar-refractivity contribution is 5.46. The van der Waals surface area contributed by atoms with Crippen molar-refractivity contribution in [1.82, 2.24) is 0 Å². The summed E-state index contributed by atoms with van der Waals surface area (Å²) in [5.74, 6) is 0.226. The minimum Gasteiger partial charge on any atom is -0.466 e. The maximum Gasteiger partial charge on any atom is 0.173 e. The molecule has 0 aliphatic heterocycles. The van der Waals surface area contributed by atoms with Crippen LogP contribution in [0.4, 0.5) is 10.1 Å². The summed E-state index contributed by atoms with van der Waals surface area (Å²) in [6, 6.07) is 10.7. The van der Waals surface area contributed by atoms with Crippen LogP contribution < -0.4 is 5.32 Å². The van der Waals surface area contributed by atoms with E-state index in [9.17, 15) is 4.39 Å². The Morgan fingerprint density at radius 2 is 2.00 bits per heavy atom. The van der Waals surface area contributed by atoms with Crippen LogP contribution in [-0.4, -0.2) is 0 Å². The minimum atomic E-state index is -0.569. The summed E-state index contributed by atoms with van der Waals surface area (Å²) in [6.07, 6.45) is 1.51. The quantitative estimate of drug-likeness (QED) is 0.857. The van der Waals surface area contributed by atoms with E-state index < -0.39 is 6.04 Å². The van der Waals surface area contributed by atoms with Gasteiger partial charge in [-0.05, 0) is 36.4 Å². The molecule has 1 unspecified atom stereocenters. The lowest BCUT2D eigenvalue weighted by molar-refractivity contribution is 0.505. The predicted molar refractivity (Wildman–Crippen MR) is 57.1 cm³/mol. The van der Waals surface area contributed by atoms with Gasteiger partial charge in [-0.15, -0.1) is 0 Å². The molecule has 1 heterocycles. The molecule has 0 bridgehead atoms. The molecule has 0 amide bonds. The summed E-state index contributed by atoms with van der Waals surface area (Å²) in [5, 5.41) is 11.9. The SMILES string of the molecule is N#CC(Nc1ccc(F)cc1)c1ccco1. The van der Waals surface area contributed by atoms with Crippen molar-refractivity contribution in [2.75, 3.05) is 5.32 Å². The first-order valence-corrected chi connectivity index (χ1v) is 4.75. The average molecular weight is 216 g/mol. The van der Waals surface area contributed by atoms with E-state index in [1.807, 2.05) is 0 Å². The van der Waals surface area contributed by atoms with Crippen LogP contribution in [0, 0.1) is 17.1 Å². The Bertz CT molecular complexity index is 485. The number of hydrogen-bond donors (Lipinski definition) is 1. The van der Waals surface area contributed by atoms with E-state index in [0.29, 0.717) is 11.4 Å². The Morgan fingerprint density at radius 3 is 2.56 bits per heavy atom. The molecule has 0 saturated heterocycles. The molecule has 2 rings (SSSR count). The van der Waals surface area contributed by atoms with Crippen molar-refractivity contribution in [1.29, 1.82) is 5.26 Å². The molecule has 2 aromatic rings. The van der Waals surface area contributed by atoms with Gasteiger partial charge in [0.25, 0.3) is 0 Å². The molecule has 0 saturated carbocycles. The molecule has 3 nitrogen and oxygen atoms in total. The molecule has 16 heavy (non-hydrogen) atoms. The van der Waals surface area contributed by atoms with Crippen LogP contribution in [0.15, 0.2) is 47.1 Å². The van der Waals surface area contributed by atoms with Crippen LogP contribution >= 0.6 is 0 Å². The van der Waals surface area contributed by atoms with Gasteiger partial charge in [-0.25, -0.2) is 4.39 Å². The number of halogens is 1. The number of nitrogens with zero attached hydrogens (tertiary/aromatic N) is 1. The first kappa shape index (κ1) is 10.2. The highest BCUT2D eigenvalue weighted by atomic mass is 19.1. The van der Waals surface area contributed by atoms with Crippen LogP contribution in [0.3, 0.4) is 0 Å². The molecule has 4 heteroatoms. The minimum absolute atomic E-state index is 0.308. The van der Waals surface area contributed by atoms with Crippen LogP contribution in [0.1, 0.15) is 11.8 Å². The maximum absolute atomic E-state index is 12.7. The van der Waals surface area contributed by atoms with Crippen LogP contribution in [0.2, 0.25) is 0 Å². The van der Waals surface area contributed by atoms with Gasteiger partial charge in [0.2, 0.25) is 0 Å². The van der Waals surface area contributed by atoms with Crippen molar-refractivity contribution in [3.05, 3.63) is 54.2 Å². The second-order valence-electron chi connectivity index (χ2n) is 3.23. The Labute approximate surface area is 92.1 Å². The first-order chi connectivity index (χ1) is 7.79. The fourth-order valence-corrected chi connectivity index (χ4v) is 1.34. The summed E-state index contributed by atoms with van der Waals surface area (Å²) < 4.78 is 17.8. The lowest BCUT2D eigenvalue weighted by Crippen LogP contribution is -2.07. The number of anilines is 1. The lowest BCUT2D eigenvalue weighted by Gasteiger charge is -2.10. The summed E-state index contributed by atoms with van der Waals surface area (Å²) in [4.78, 5) is 0. The molecule has 1 aromatic heterocycles. The molecule has 80 valence electrons. The van der Waals surface area contributed by atoms with Gasteiger partial charge in [0.15, 0.2) is 6.04 Å². The number of benzene rings is 1. The predicted octanol–water partition coefficient (Wildman–Crippen LogP) is 3.10. The van der Waals surface area contributed by atoms with E-state index in [0.717, 1.165) is 0 Å². The van der Waals surface area contributed by atoms with E-state index in [2.05, 4.69) is 11.4 Å². The van der Waals surface area contributed by atoms with E-state index in [1.165, 1.54) is 18.4 Å². The van der Waals surface area contributed by atoms with E-state index >= 15 is 0 Å². The number of rotatable bonds is 3. The third kappa shape index (κ3) is 2.20. The molecular weight excluding hydrogens is 207 g/mol. The van der Waals surface area contributed by atoms with Crippen LogP contribution in [0.5, 0.6) is 0 Å². The van der Waals surface area contributed by atoms with Crippen molar-refractivity contribution in [2.45, 2.75) is 6.04 Å². The lowest BCUT2D eigenvalue weighted by atomic mass is 10.2. The topological polar surface area (TPSA) is 49.0 Å². The maximum atomic E-state index is 12.7. The molecule has 1 aromatic carbocycles. The third-order valence-corrected chi connectivity index (χ3v) is 2.11. The van der Waals surface area contributed by atoms with E-state index in [-0.39, 0.29) is 5.82 Å². The van der Waals surface area contributed by atoms with E-state index in [4.69, 9.17) is 9.68 Å². The van der Waals surface area contributed by atoms with Crippen molar-refractivity contribution in [3.8, 4) is 6.07 Å². The second kappa shape index (κ2) is 4.49. The number of nitriles is 1. The van der Waals surface area contributed by atoms with Gasteiger partial charge in [-0.1, -0.05) is 0 Å². The van der Waals surface area contributed by atoms with Gasteiger partial charge in [0.1, 0.15) is 11.6 Å². The molecule has 0 spiro atoms. The van der Waals surface area contributed by atoms with Gasteiger partial charge in [0, 0.05) is 5.69 Å². The fraction of sp³-hybridized carbons (Fsp3) is 0.0833. The van der Waals surface area contributed by atoms with Crippen LogP contribution in [0.25, 0.3) is 0 Å². The second-order valence-corrected chi connectivity index (χ2v) is 3.23. The van der Waals surface area contributed by atoms with Crippen molar-refractivity contribution >= 4 is 5.69 Å². The van der Waals surface area contributed by atoms with Crippen LogP contribution in [-0.2, 0) is 0 Å². The molecule has 0 aliphatic carbocycles. The zero-order valence-corrected chi connectivity index (χ0v) is 8.35. The van der Waals surface area contributed by atoms with Gasteiger partial charge in [-0.2, -0.15) is 5.26 Å². The van der Waals surface area contributed by atoms with Gasteiger partial charge in [-0.3, -0.25) is 0 Å². The van der Waals surface area contributed by atoms with Crippen molar-refractivity contribution < 1.29 is 8.81 Å². The normalized spacial score (nSPS) is 11.8. The van der Waals surface area contributed by atoms with Gasteiger partial charge < -0.3 is 9.73 Å². The Morgan fingerprint density at radius 1 is 1.25 bits per heavy atom. The first-order valence-electron chi connectivity index (χ1n) is 4.75. The Hall–Kier alpha value is -2.28. The fourth-order valence-electron chi connectivity index (χ4n) is 1.34. The smallest absolute Gasteiger partial charge is 0.173 e. The zero-order valence-electron chi connectivity index (χ0n) is 8.35. The zero-order chi connectivity index (χ0) is 11.4. The summed E-state index contributed by atoms with van der Waals surface area (Å²) in [7, 11) is 0. The average Bonchev–Trinajstić information content (AvgIpc) is 2.82. The number of furan rings is 1. The largest absolute Gasteiger partial charge is 0.466 e. The summed E-state index contributed by atoms with van der Waals surface area (Å²) in [6.45, 7) is 0. The molecular formula is C12H9FN2O. The highest BCUT2D eigenvalue weighted by Crippen LogP contribution is 2.19. The Balaban J connectivity index is 2.14. The molecule has 1 N–H and O–H groups in total. The summed E-state index contributed by atoms with van der Waals surface area (Å²) >= 11 is 0. The standard InChI is InChI=1S/C12H9FN2O/c13-9-3-5-10(6-4-9)15-11(8-14)12-2-1-7-16-12/h1-7,11,15H. The third-order valence-electron chi connectivity index (χ3n) is 2.11. The molecule has 0 aliphatic rings. The molecule has 0 radical (unpaired) electrons. The number of nitrogens with one attached hydrogen (secondary N) is 1. The van der Waals surface area contributed by atoms with E-state index in [1.54, 1.807) is 24.3 Å². The van der Waals surface area contributed by atoms with Crippen molar-refractivity contribution in [2.24, 2.45) is 0 Å². The van der Waals surface area contributed by atoms with Crippen molar-refractivity contribution in [3.63, 3.8) is 0 Å². The van der Waals surface area contributed by atoms with Gasteiger partial charge in [0.05, 0.1) is 12.3 Å². The number of hydrogen-bond acceptors (Lipinski definition) is 3.